The summed E-state index contributed by atoms with van der Waals surface area (Å²) in [7, 11) is 0. The van der Waals surface area contributed by atoms with E-state index in [2.05, 4.69) is 62.0 Å². The van der Waals surface area contributed by atoms with Crippen LogP contribution in [-0.4, -0.2) is 74.3 Å². The average Bonchev–Trinajstić information content (AvgIpc) is 2.88. The summed E-state index contributed by atoms with van der Waals surface area (Å²) in [5.41, 5.74) is 2.26. The highest BCUT2D eigenvalue weighted by Gasteiger charge is 2.22. The van der Waals surface area contributed by atoms with Crippen molar-refractivity contribution in [1.82, 2.24) is 20.4 Å². The second kappa shape index (κ2) is 16.9. The summed E-state index contributed by atoms with van der Waals surface area (Å²) < 4.78 is 10.7. The van der Waals surface area contributed by atoms with Crippen molar-refractivity contribution in [2.75, 3.05) is 52.4 Å². The van der Waals surface area contributed by atoms with E-state index in [0.29, 0.717) is 26.2 Å². The van der Waals surface area contributed by atoms with Gasteiger partial charge in [0.05, 0.1) is 0 Å². The topological polar surface area (TPSA) is 83.1 Å². The molecule has 2 N–H and O–H groups in total. The van der Waals surface area contributed by atoms with Crippen LogP contribution in [0.5, 0.6) is 0 Å². The van der Waals surface area contributed by atoms with Crippen LogP contribution in [0.3, 0.4) is 0 Å². The highest BCUT2D eigenvalue weighted by molar-refractivity contribution is 5.67. The molecule has 0 saturated heterocycles. The molecule has 0 saturated carbocycles. The lowest BCUT2D eigenvalue weighted by Crippen LogP contribution is -2.46. The van der Waals surface area contributed by atoms with Crippen LogP contribution >= 0.6 is 0 Å². The zero-order valence-electron chi connectivity index (χ0n) is 25.4. The lowest BCUT2D eigenvalue weighted by Gasteiger charge is -2.36. The molecule has 8 nitrogen and oxygen atoms in total. The van der Waals surface area contributed by atoms with Gasteiger partial charge in [-0.15, -0.1) is 0 Å². The Morgan fingerprint density at radius 2 is 0.975 bits per heavy atom. The molecule has 0 bridgehead atoms. The molecule has 8 heteroatoms. The molecule has 0 aromatic heterocycles. The first kappa shape index (κ1) is 33.1. The summed E-state index contributed by atoms with van der Waals surface area (Å²) in [6.45, 7) is 19.9. The molecule has 2 amide bonds. The predicted molar refractivity (Wildman–Crippen MR) is 161 cm³/mol. The Hall–Kier alpha value is -3.10. The third-order valence-corrected chi connectivity index (χ3v) is 5.95. The van der Waals surface area contributed by atoms with Crippen LogP contribution in [-0.2, 0) is 22.7 Å². The van der Waals surface area contributed by atoms with Gasteiger partial charge in [0.1, 0.15) is 13.2 Å². The Morgan fingerprint density at radius 3 is 1.35 bits per heavy atom. The minimum Gasteiger partial charge on any atom is -0.445 e. The Labute approximate surface area is 241 Å². The van der Waals surface area contributed by atoms with E-state index in [1.807, 2.05) is 60.7 Å². The van der Waals surface area contributed by atoms with Crippen LogP contribution in [0.2, 0.25) is 0 Å². The molecule has 0 heterocycles. The van der Waals surface area contributed by atoms with E-state index in [4.69, 9.17) is 9.47 Å². The van der Waals surface area contributed by atoms with Gasteiger partial charge in [0, 0.05) is 52.4 Å². The second-order valence-corrected chi connectivity index (χ2v) is 12.7. The van der Waals surface area contributed by atoms with E-state index in [-0.39, 0.29) is 24.0 Å². The van der Waals surface area contributed by atoms with Crippen molar-refractivity contribution in [3.8, 4) is 0 Å². The van der Waals surface area contributed by atoms with Crippen molar-refractivity contribution in [3.05, 3.63) is 71.8 Å². The molecular weight excluding hydrogens is 504 g/mol. The minimum absolute atomic E-state index is 0.185. The van der Waals surface area contributed by atoms with E-state index >= 15 is 0 Å². The molecule has 0 unspecified atom stereocenters. The van der Waals surface area contributed by atoms with Crippen LogP contribution in [0.1, 0.15) is 52.7 Å². The number of nitrogens with zero attached hydrogens (tertiary/aromatic N) is 2. The SMILES string of the molecule is CC(C)(C)CN(CCN(CCNC(=O)OCc1ccccc1)CCNC(=O)OCc1ccccc1)CC(C)(C)C. The van der Waals surface area contributed by atoms with Gasteiger partial charge in [-0.1, -0.05) is 102 Å². The molecule has 0 spiro atoms. The van der Waals surface area contributed by atoms with Gasteiger partial charge in [0.15, 0.2) is 0 Å². The lowest BCUT2D eigenvalue weighted by atomic mass is 9.92. The van der Waals surface area contributed by atoms with Gasteiger partial charge in [0.25, 0.3) is 0 Å². The summed E-state index contributed by atoms with van der Waals surface area (Å²) >= 11 is 0. The molecule has 40 heavy (non-hydrogen) atoms. The number of amides is 2. The van der Waals surface area contributed by atoms with E-state index < -0.39 is 12.2 Å². The predicted octanol–water partition coefficient (Wildman–Crippen LogP) is 5.54. The first-order valence-electron chi connectivity index (χ1n) is 14.2. The van der Waals surface area contributed by atoms with Gasteiger partial charge >= 0.3 is 12.2 Å². The maximum absolute atomic E-state index is 12.2. The summed E-state index contributed by atoms with van der Waals surface area (Å²) in [6, 6.07) is 19.2. The number of rotatable bonds is 15. The molecule has 0 atom stereocenters. The molecule has 2 rings (SSSR count). The minimum atomic E-state index is -0.437. The molecule has 0 fully saturated rings. The first-order valence-corrected chi connectivity index (χ1v) is 14.2. The third-order valence-electron chi connectivity index (χ3n) is 5.95. The van der Waals surface area contributed by atoms with Gasteiger partial charge in [-0.25, -0.2) is 9.59 Å². The summed E-state index contributed by atoms with van der Waals surface area (Å²) in [5, 5.41) is 5.71. The van der Waals surface area contributed by atoms with Crippen LogP contribution in [0.25, 0.3) is 0 Å². The maximum atomic E-state index is 12.2. The van der Waals surface area contributed by atoms with E-state index in [1.54, 1.807) is 0 Å². The molecular formula is C32H50N4O4. The maximum Gasteiger partial charge on any atom is 0.407 e. The summed E-state index contributed by atoms with van der Waals surface area (Å²) in [5.74, 6) is 0. The fraction of sp³-hybridized carbons (Fsp3) is 0.562. The zero-order valence-corrected chi connectivity index (χ0v) is 25.4. The van der Waals surface area contributed by atoms with Gasteiger partial charge < -0.3 is 25.0 Å². The van der Waals surface area contributed by atoms with E-state index in [1.165, 1.54) is 0 Å². The Kier molecular flexibility index (Phi) is 14.0. The zero-order chi connectivity index (χ0) is 29.4. The molecule has 0 aliphatic heterocycles. The highest BCUT2D eigenvalue weighted by atomic mass is 16.6. The number of alkyl carbamates (subject to hydrolysis) is 2. The van der Waals surface area contributed by atoms with Crippen molar-refractivity contribution >= 4 is 12.2 Å². The van der Waals surface area contributed by atoms with E-state index in [0.717, 1.165) is 37.3 Å². The quantitative estimate of drug-likeness (QED) is 0.301. The number of nitrogens with one attached hydrogen (secondary N) is 2. The van der Waals surface area contributed by atoms with Crippen molar-refractivity contribution in [1.29, 1.82) is 0 Å². The van der Waals surface area contributed by atoms with Crippen molar-refractivity contribution in [2.24, 2.45) is 10.8 Å². The largest absolute Gasteiger partial charge is 0.445 e. The van der Waals surface area contributed by atoms with Crippen molar-refractivity contribution in [3.63, 3.8) is 0 Å². The van der Waals surface area contributed by atoms with Gasteiger partial charge in [-0.05, 0) is 22.0 Å². The third kappa shape index (κ3) is 16.1. The number of ether oxygens (including phenoxy) is 2. The second-order valence-electron chi connectivity index (χ2n) is 12.7. The van der Waals surface area contributed by atoms with Crippen LogP contribution < -0.4 is 10.6 Å². The van der Waals surface area contributed by atoms with Gasteiger partial charge in [-0.3, -0.25) is 4.90 Å². The highest BCUT2D eigenvalue weighted by Crippen LogP contribution is 2.20. The fourth-order valence-corrected chi connectivity index (χ4v) is 4.35. The average molecular weight is 555 g/mol. The number of hydrogen-bond acceptors (Lipinski definition) is 6. The molecule has 2 aromatic rings. The molecule has 0 aliphatic carbocycles. The van der Waals surface area contributed by atoms with Crippen LogP contribution in [0.4, 0.5) is 9.59 Å². The number of carbonyl (C=O) groups is 2. The molecule has 0 radical (unpaired) electrons. The number of benzene rings is 2. The number of hydrogen-bond donors (Lipinski definition) is 2. The monoisotopic (exact) mass is 554 g/mol. The Bertz CT molecular complexity index is 910. The molecule has 222 valence electrons. The first-order chi connectivity index (χ1) is 18.9. The fourth-order valence-electron chi connectivity index (χ4n) is 4.35. The standard InChI is InChI=1S/C32H50N4O4/c1-31(2,3)25-36(26-32(4,5)6)22-21-35(19-17-33-29(37)39-23-27-13-9-7-10-14-27)20-18-34-30(38)40-24-28-15-11-8-12-16-28/h7-16H,17-26H2,1-6H3,(H,33,37)(H,34,38). The van der Waals surface area contributed by atoms with Crippen molar-refractivity contribution in [2.45, 2.75) is 54.8 Å². The Morgan fingerprint density at radius 1 is 0.600 bits per heavy atom. The lowest BCUT2D eigenvalue weighted by molar-refractivity contribution is 0.118. The van der Waals surface area contributed by atoms with Crippen LogP contribution in [0.15, 0.2) is 60.7 Å². The normalized spacial score (nSPS) is 11.9. The van der Waals surface area contributed by atoms with Crippen LogP contribution in [0, 0.1) is 10.8 Å². The molecule has 2 aromatic carbocycles. The summed E-state index contributed by atoms with van der Waals surface area (Å²) in [4.78, 5) is 29.2. The van der Waals surface area contributed by atoms with Gasteiger partial charge in [0.2, 0.25) is 0 Å². The van der Waals surface area contributed by atoms with E-state index in [9.17, 15) is 9.59 Å². The van der Waals surface area contributed by atoms with Crippen molar-refractivity contribution < 1.29 is 19.1 Å². The smallest absolute Gasteiger partial charge is 0.407 e. The Balaban J connectivity index is 1.86. The summed E-state index contributed by atoms with van der Waals surface area (Å²) in [6.07, 6.45) is -0.873. The number of carbonyl (C=O) groups excluding carboxylic acids is 2. The van der Waals surface area contributed by atoms with Gasteiger partial charge in [-0.2, -0.15) is 0 Å². The molecule has 0 aliphatic rings.